The number of hydrogen-bond donors (Lipinski definition) is 0. The van der Waals surface area contributed by atoms with Crippen LogP contribution in [0.3, 0.4) is 0 Å². The van der Waals surface area contributed by atoms with Crippen LogP contribution in [0.2, 0.25) is 0 Å². The molecule has 0 bridgehead atoms. The molecule has 0 saturated carbocycles. The van der Waals surface area contributed by atoms with Gasteiger partial charge in [0.15, 0.2) is 0 Å². The van der Waals surface area contributed by atoms with Gasteiger partial charge in [-0.15, -0.1) is 0 Å². The Morgan fingerprint density at radius 2 is 1.91 bits per heavy atom. The Labute approximate surface area is 77.5 Å². The van der Waals surface area contributed by atoms with Crippen molar-refractivity contribution >= 4 is 15.9 Å². The van der Waals surface area contributed by atoms with Gasteiger partial charge in [0, 0.05) is 0 Å². The Morgan fingerprint density at radius 1 is 1.27 bits per heavy atom. The van der Waals surface area contributed by atoms with E-state index in [9.17, 15) is 0 Å². The lowest BCUT2D eigenvalue weighted by atomic mass is 9.98. The van der Waals surface area contributed by atoms with Crippen LogP contribution < -0.4 is 0 Å². The Hall–Kier alpha value is -0.0400. The van der Waals surface area contributed by atoms with Gasteiger partial charge < -0.3 is 0 Å². The van der Waals surface area contributed by atoms with Gasteiger partial charge in [-0.1, -0.05) is 27.6 Å². The summed E-state index contributed by atoms with van der Waals surface area (Å²) in [6, 6.07) is 0. The molecule has 0 N–H and O–H groups in total. The third kappa shape index (κ3) is 2.82. The van der Waals surface area contributed by atoms with E-state index in [2.05, 4.69) is 35.9 Å². The van der Waals surface area contributed by atoms with E-state index in [0.717, 1.165) is 0 Å². The van der Waals surface area contributed by atoms with E-state index in [1.54, 1.807) is 0 Å². The molecule has 0 amide bonds. The zero-order chi connectivity index (χ0) is 8.27. The number of rotatable bonds is 1. The summed E-state index contributed by atoms with van der Waals surface area (Å²) in [6.07, 6.45) is 7.49. The molecule has 0 radical (unpaired) electrons. The first-order valence-electron chi connectivity index (χ1n) is 4.22. The van der Waals surface area contributed by atoms with Gasteiger partial charge in [0.2, 0.25) is 0 Å². The van der Waals surface area contributed by atoms with Gasteiger partial charge in [0.1, 0.15) is 0 Å². The minimum Gasteiger partial charge on any atom is -0.0761 e. The Morgan fingerprint density at radius 3 is 2.45 bits per heavy atom. The monoisotopic (exact) mass is 214 g/mol. The average Bonchev–Trinajstić information content (AvgIpc) is 1.93. The molecule has 0 saturated heterocycles. The Bertz CT molecular complexity index is 195. The fourth-order valence-electron chi connectivity index (χ4n) is 1.39. The summed E-state index contributed by atoms with van der Waals surface area (Å²) in [7, 11) is 0. The van der Waals surface area contributed by atoms with Gasteiger partial charge in [-0.2, -0.15) is 0 Å². The second-order valence-electron chi connectivity index (χ2n) is 3.36. The van der Waals surface area contributed by atoms with Gasteiger partial charge in [-0.05, 0) is 49.6 Å². The van der Waals surface area contributed by atoms with Crippen LogP contribution in [0.15, 0.2) is 21.7 Å². The van der Waals surface area contributed by atoms with Crippen molar-refractivity contribution in [2.45, 2.75) is 39.5 Å². The van der Waals surface area contributed by atoms with Crippen LogP contribution in [0.1, 0.15) is 39.5 Å². The van der Waals surface area contributed by atoms with Crippen molar-refractivity contribution in [3.63, 3.8) is 0 Å². The molecule has 0 unspecified atom stereocenters. The summed E-state index contributed by atoms with van der Waals surface area (Å²) in [4.78, 5) is 0. The Kier molecular flexibility index (Phi) is 3.38. The van der Waals surface area contributed by atoms with E-state index < -0.39 is 0 Å². The molecule has 1 heteroatoms. The zero-order valence-electron chi connectivity index (χ0n) is 7.28. The minimum absolute atomic E-state index is 1.24. The molecule has 1 aliphatic rings. The molecular formula is C10H15Br. The van der Waals surface area contributed by atoms with Gasteiger partial charge in [0.25, 0.3) is 0 Å². The van der Waals surface area contributed by atoms with Gasteiger partial charge in [0.05, 0.1) is 0 Å². The van der Waals surface area contributed by atoms with Gasteiger partial charge in [-0.25, -0.2) is 0 Å². The SMILES string of the molecule is CC(C)=CC1=C(Br)CCCC1. The van der Waals surface area contributed by atoms with Crippen molar-refractivity contribution in [2.24, 2.45) is 0 Å². The first-order valence-corrected chi connectivity index (χ1v) is 5.02. The second kappa shape index (κ2) is 4.10. The maximum Gasteiger partial charge on any atom is -0.00174 e. The highest BCUT2D eigenvalue weighted by Gasteiger charge is 2.07. The maximum atomic E-state index is 3.62. The first kappa shape index (κ1) is 9.05. The molecule has 0 aromatic carbocycles. The fraction of sp³-hybridized carbons (Fsp3) is 0.600. The summed E-state index contributed by atoms with van der Waals surface area (Å²) >= 11 is 3.62. The molecule has 0 aromatic heterocycles. The molecule has 0 fully saturated rings. The largest absolute Gasteiger partial charge is 0.0761 e. The van der Waals surface area contributed by atoms with Crippen molar-refractivity contribution in [2.75, 3.05) is 0 Å². The van der Waals surface area contributed by atoms with Gasteiger partial charge in [-0.3, -0.25) is 0 Å². The smallest absolute Gasteiger partial charge is 0.00174 e. The normalized spacial score (nSPS) is 18.5. The lowest BCUT2D eigenvalue weighted by Gasteiger charge is -2.13. The quantitative estimate of drug-likeness (QED) is 0.615. The van der Waals surface area contributed by atoms with E-state index in [4.69, 9.17) is 0 Å². The van der Waals surface area contributed by atoms with Crippen LogP contribution in [-0.2, 0) is 0 Å². The van der Waals surface area contributed by atoms with Crippen LogP contribution in [0.5, 0.6) is 0 Å². The van der Waals surface area contributed by atoms with Crippen LogP contribution >= 0.6 is 15.9 Å². The summed E-state index contributed by atoms with van der Waals surface area (Å²) in [5.41, 5.74) is 2.91. The standard InChI is InChI=1S/C10H15Br/c1-8(2)7-9-5-3-4-6-10(9)11/h7H,3-6H2,1-2H3. The number of hydrogen-bond acceptors (Lipinski definition) is 0. The second-order valence-corrected chi connectivity index (χ2v) is 4.32. The lowest BCUT2D eigenvalue weighted by Crippen LogP contribution is -1.93. The Balaban J connectivity index is 2.75. The molecule has 1 aliphatic carbocycles. The lowest BCUT2D eigenvalue weighted by molar-refractivity contribution is 0.706. The molecule has 62 valence electrons. The minimum atomic E-state index is 1.24. The summed E-state index contributed by atoms with van der Waals surface area (Å²) in [6.45, 7) is 4.31. The highest BCUT2D eigenvalue weighted by Crippen LogP contribution is 2.29. The van der Waals surface area contributed by atoms with E-state index in [0.29, 0.717) is 0 Å². The fourth-order valence-corrected chi connectivity index (χ4v) is 1.98. The molecule has 0 aliphatic heterocycles. The highest BCUT2D eigenvalue weighted by atomic mass is 79.9. The van der Waals surface area contributed by atoms with E-state index in [1.165, 1.54) is 41.3 Å². The van der Waals surface area contributed by atoms with Crippen LogP contribution in [-0.4, -0.2) is 0 Å². The van der Waals surface area contributed by atoms with Crippen LogP contribution in [0.25, 0.3) is 0 Å². The predicted octanol–water partition coefficient (Wildman–Crippen LogP) is 4.18. The van der Waals surface area contributed by atoms with Crippen LogP contribution in [0, 0.1) is 0 Å². The third-order valence-corrected chi connectivity index (χ3v) is 2.81. The molecule has 0 heterocycles. The average molecular weight is 215 g/mol. The molecule has 0 nitrogen and oxygen atoms in total. The summed E-state index contributed by atoms with van der Waals surface area (Å²) < 4.78 is 1.42. The molecule has 0 spiro atoms. The van der Waals surface area contributed by atoms with Crippen LogP contribution in [0.4, 0.5) is 0 Å². The van der Waals surface area contributed by atoms with Crippen molar-refractivity contribution in [1.82, 2.24) is 0 Å². The van der Waals surface area contributed by atoms with Gasteiger partial charge >= 0.3 is 0 Å². The topological polar surface area (TPSA) is 0 Å². The number of halogens is 1. The number of allylic oxidation sites excluding steroid dienone is 4. The predicted molar refractivity (Wildman–Crippen MR) is 53.9 cm³/mol. The van der Waals surface area contributed by atoms with Crippen molar-refractivity contribution in [1.29, 1.82) is 0 Å². The van der Waals surface area contributed by atoms with Crippen molar-refractivity contribution < 1.29 is 0 Å². The molecule has 0 atom stereocenters. The maximum absolute atomic E-state index is 3.62. The van der Waals surface area contributed by atoms with Crippen molar-refractivity contribution in [3.8, 4) is 0 Å². The van der Waals surface area contributed by atoms with E-state index in [-0.39, 0.29) is 0 Å². The van der Waals surface area contributed by atoms with Crippen molar-refractivity contribution in [3.05, 3.63) is 21.7 Å². The zero-order valence-corrected chi connectivity index (χ0v) is 8.87. The molecule has 1 rings (SSSR count). The van der Waals surface area contributed by atoms with E-state index >= 15 is 0 Å². The van der Waals surface area contributed by atoms with E-state index in [1.807, 2.05) is 0 Å². The third-order valence-electron chi connectivity index (χ3n) is 1.90. The molecule has 11 heavy (non-hydrogen) atoms. The highest BCUT2D eigenvalue weighted by molar-refractivity contribution is 9.11. The summed E-state index contributed by atoms with van der Waals surface area (Å²) in [5, 5.41) is 0. The first-order chi connectivity index (χ1) is 5.20. The molecule has 0 aromatic rings. The molecular weight excluding hydrogens is 200 g/mol. The summed E-state index contributed by atoms with van der Waals surface area (Å²) in [5.74, 6) is 0.